The summed E-state index contributed by atoms with van der Waals surface area (Å²) in [5.74, 6) is 0.664. The van der Waals surface area contributed by atoms with Gasteiger partial charge in [0.15, 0.2) is 0 Å². The Hall–Kier alpha value is -1.69. The largest absolute Gasteiger partial charge is 0.495 e. The predicted molar refractivity (Wildman–Crippen MR) is 58.7 cm³/mol. The number of aryl methyl sites for hydroxylation is 1. The van der Waals surface area contributed by atoms with Crippen LogP contribution in [0.15, 0.2) is 12.1 Å². The number of hydrogen-bond donors (Lipinski definition) is 1. The molecule has 0 aromatic heterocycles. The van der Waals surface area contributed by atoms with Crippen LogP contribution in [0.3, 0.4) is 0 Å². The summed E-state index contributed by atoms with van der Waals surface area (Å²) >= 11 is 0. The summed E-state index contributed by atoms with van der Waals surface area (Å²) in [5.41, 5.74) is 8.30. The van der Waals surface area contributed by atoms with Crippen LogP contribution in [-0.4, -0.2) is 7.11 Å². The van der Waals surface area contributed by atoms with Crippen LogP contribution < -0.4 is 10.5 Å². The number of nitrogens with two attached hydrogens (primary N) is 1. The summed E-state index contributed by atoms with van der Waals surface area (Å²) < 4.78 is 5.17. The monoisotopic (exact) mass is 202 g/mol. The molecular formula is C12H14N2O. The lowest BCUT2D eigenvalue weighted by molar-refractivity contribution is 0.416. The van der Waals surface area contributed by atoms with Gasteiger partial charge in [0.25, 0.3) is 0 Å². The van der Waals surface area contributed by atoms with Gasteiger partial charge in [0.2, 0.25) is 0 Å². The summed E-state index contributed by atoms with van der Waals surface area (Å²) in [6, 6.07) is 6.17. The number of nitrogens with zero attached hydrogens (tertiary/aromatic N) is 1. The number of nitriles is 1. The number of hydrogen-bond acceptors (Lipinski definition) is 3. The van der Waals surface area contributed by atoms with Crippen LogP contribution in [0.2, 0.25) is 0 Å². The Bertz CT molecular complexity index is 442. The molecule has 0 saturated heterocycles. The SMILES string of the molecule is COc1cc(C2(C#N)CC2)c(C)cc1N. The van der Waals surface area contributed by atoms with Crippen molar-refractivity contribution >= 4 is 5.69 Å². The Balaban J connectivity index is 2.54. The molecule has 2 N–H and O–H groups in total. The van der Waals surface area contributed by atoms with E-state index in [0.717, 1.165) is 24.0 Å². The molecule has 1 aliphatic carbocycles. The van der Waals surface area contributed by atoms with Crippen molar-refractivity contribution in [2.24, 2.45) is 0 Å². The van der Waals surface area contributed by atoms with E-state index in [9.17, 15) is 0 Å². The van der Waals surface area contributed by atoms with E-state index in [4.69, 9.17) is 15.7 Å². The lowest BCUT2D eigenvalue weighted by Gasteiger charge is -2.14. The lowest BCUT2D eigenvalue weighted by Crippen LogP contribution is -2.07. The number of rotatable bonds is 2. The quantitative estimate of drug-likeness (QED) is 0.747. The van der Waals surface area contributed by atoms with Gasteiger partial charge >= 0.3 is 0 Å². The maximum absolute atomic E-state index is 9.15. The van der Waals surface area contributed by atoms with Crippen LogP contribution in [0.5, 0.6) is 5.75 Å². The van der Waals surface area contributed by atoms with E-state index in [1.165, 1.54) is 0 Å². The molecule has 1 aromatic carbocycles. The molecule has 0 unspecified atom stereocenters. The third-order valence-corrected chi connectivity index (χ3v) is 3.06. The number of benzene rings is 1. The van der Waals surface area contributed by atoms with Gasteiger partial charge in [-0.05, 0) is 43.0 Å². The van der Waals surface area contributed by atoms with Crippen molar-refractivity contribution in [3.63, 3.8) is 0 Å². The molecule has 0 heterocycles. The molecule has 2 rings (SSSR count). The van der Waals surface area contributed by atoms with Gasteiger partial charge in [-0.2, -0.15) is 5.26 Å². The first-order chi connectivity index (χ1) is 7.13. The molecular weight excluding hydrogens is 188 g/mol. The van der Waals surface area contributed by atoms with E-state index in [1.54, 1.807) is 7.11 Å². The minimum absolute atomic E-state index is 0.273. The Morgan fingerprint density at radius 1 is 1.47 bits per heavy atom. The van der Waals surface area contributed by atoms with Gasteiger partial charge in [-0.15, -0.1) is 0 Å². The van der Waals surface area contributed by atoms with Crippen molar-refractivity contribution in [1.29, 1.82) is 5.26 Å². The topological polar surface area (TPSA) is 59.0 Å². The van der Waals surface area contributed by atoms with E-state index < -0.39 is 0 Å². The van der Waals surface area contributed by atoms with Crippen LogP contribution >= 0.6 is 0 Å². The molecule has 0 spiro atoms. The summed E-state index contributed by atoms with van der Waals surface area (Å²) in [4.78, 5) is 0. The highest BCUT2D eigenvalue weighted by Crippen LogP contribution is 2.50. The summed E-state index contributed by atoms with van der Waals surface area (Å²) in [6.45, 7) is 1.99. The molecule has 0 aliphatic heterocycles. The average Bonchev–Trinajstić information content (AvgIpc) is 2.99. The highest BCUT2D eigenvalue weighted by molar-refractivity contribution is 5.60. The van der Waals surface area contributed by atoms with Crippen molar-refractivity contribution in [3.05, 3.63) is 23.3 Å². The van der Waals surface area contributed by atoms with Gasteiger partial charge in [0.05, 0.1) is 24.3 Å². The van der Waals surface area contributed by atoms with Gasteiger partial charge < -0.3 is 10.5 Å². The minimum atomic E-state index is -0.273. The molecule has 0 atom stereocenters. The van der Waals surface area contributed by atoms with Crippen molar-refractivity contribution in [1.82, 2.24) is 0 Å². The number of anilines is 1. The van der Waals surface area contributed by atoms with Gasteiger partial charge in [-0.3, -0.25) is 0 Å². The van der Waals surface area contributed by atoms with Gasteiger partial charge in [0.1, 0.15) is 5.75 Å². The van der Waals surface area contributed by atoms with E-state index >= 15 is 0 Å². The van der Waals surface area contributed by atoms with Crippen LogP contribution in [0.25, 0.3) is 0 Å². The summed E-state index contributed by atoms with van der Waals surface area (Å²) in [5, 5.41) is 9.15. The molecule has 3 heteroatoms. The second-order valence-corrected chi connectivity index (χ2v) is 4.10. The zero-order valence-corrected chi connectivity index (χ0v) is 9.00. The third kappa shape index (κ3) is 1.42. The second-order valence-electron chi connectivity index (χ2n) is 4.10. The first-order valence-electron chi connectivity index (χ1n) is 4.99. The maximum Gasteiger partial charge on any atom is 0.142 e. The summed E-state index contributed by atoms with van der Waals surface area (Å²) in [6.07, 6.45) is 1.88. The fraction of sp³-hybridized carbons (Fsp3) is 0.417. The van der Waals surface area contributed by atoms with Crippen molar-refractivity contribution in [2.45, 2.75) is 25.2 Å². The lowest BCUT2D eigenvalue weighted by atomic mass is 9.92. The smallest absolute Gasteiger partial charge is 0.142 e. The fourth-order valence-corrected chi connectivity index (χ4v) is 1.97. The molecule has 78 valence electrons. The normalized spacial score (nSPS) is 16.9. The van der Waals surface area contributed by atoms with E-state index in [1.807, 2.05) is 19.1 Å². The van der Waals surface area contributed by atoms with E-state index in [2.05, 4.69) is 6.07 Å². The fourth-order valence-electron chi connectivity index (χ4n) is 1.97. The summed E-state index contributed by atoms with van der Waals surface area (Å²) in [7, 11) is 1.59. The van der Waals surface area contributed by atoms with Gasteiger partial charge in [-0.25, -0.2) is 0 Å². The predicted octanol–water partition coefficient (Wildman–Crippen LogP) is 2.14. The molecule has 0 bridgehead atoms. The molecule has 15 heavy (non-hydrogen) atoms. The first kappa shape index (κ1) is 9.85. The van der Waals surface area contributed by atoms with E-state index in [0.29, 0.717) is 11.4 Å². The molecule has 3 nitrogen and oxygen atoms in total. The highest BCUT2D eigenvalue weighted by atomic mass is 16.5. The highest BCUT2D eigenvalue weighted by Gasteiger charge is 2.46. The van der Waals surface area contributed by atoms with Crippen molar-refractivity contribution in [2.75, 3.05) is 12.8 Å². The molecule has 0 radical (unpaired) electrons. The Morgan fingerprint density at radius 3 is 2.60 bits per heavy atom. The number of methoxy groups -OCH3 is 1. The van der Waals surface area contributed by atoms with Crippen LogP contribution in [0, 0.1) is 18.3 Å². The second kappa shape index (κ2) is 3.16. The molecule has 1 saturated carbocycles. The molecule has 1 fully saturated rings. The number of ether oxygens (including phenoxy) is 1. The average molecular weight is 202 g/mol. The molecule has 1 aromatic rings. The maximum atomic E-state index is 9.15. The Morgan fingerprint density at radius 2 is 2.13 bits per heavy atom. The zero-order valence-electron chi connectivity index (χ0n) is 9.00. The van der Waals surface area contributed by atoms with Crippen molar-refractivity contribution in [3.8, 4) is 11.8 Å². The van der Waals surface area contributed by atoms with Crippen LogP contribution in [0.1, 0.15) is 24.0 Å². The zero-order chi connectivity index (χ0) is 11.1. The van der Waals surface area contributed by atoms with Gasteiger partial charge in [0, 0.05) is 0 Å². The third-order valence-electron chi connectivity index (χ3n) is 3.06. The first-order valence-corrected chi connectivity index (χ1v) is 4.99. The Labute approximate surface area is 89.5 Å². The van der Waals surface area contributed by atoms with Crippen molar-refractivity contribution < 1.29 is 4.74 Å². The minimum Gasteiger partial charge on any atom is -0.495 e. The number of nitrogen functional groups attached to an aromatic ring is 1. The molecule has 0 amide bonds. The van der Waals surface area contributed by atoms with E-state index in [-0.39, 0.29) is 5.41 Å². The Kier molecular flexibility index (Phi) is 2.08. The van der Waals surface area contributed by atoms with Crippen LogP contribution in [-0.2, 0) is 5.41 Å². The molecule has 1 aliphatic rings. The standard InChI is InChI=1S/C12H14N2O/c1-8-5-10(14)11(15-2)6-9(8)12(7-13)3-4-12/h5-6H,3-4,14H2,1-2H3. The van der Waals surface area contributed by atoms with Gasteiger partial charge in [-0.1, -0.05) is 0 Å². The van der Waals surface area contributed by atoms with Crippen LogP contribution in [0.4, 0.5) is 5.69 Å².